The molecule has 142 valence electrons. The van der Waals surface area contributed by atoms with E-state index in [1.165, 1.54) is 37.5 Å². The molecule has 1 fully saturated rings. The van der Waals surface area contributed by atoms with E-state index in [1.54, 1.807) is 10.6 Å². The maximum atomic E-state index is 12.0. The van der Waals surface area contributed by atoms with Crippen molar-refractivity contribution in [1.82, 2.24) is 24.9 Å². The largest absolute Gasteiger partial charge is 0.395 e. The second-order valence-corrected chi connectivity index (χ2v) is 5.96. The Morgan fingerprint density at radius 3 is 2.70 bits per heavy atom. The zero-order valence-corrected chi connectivity index (χ0v) is 14.8. The van der Waals surface area contributed by atoms with Gasteiger partial charge in [0.25, 0.3) is 5.91 Å². The van der Waals surface area contributed by atoms with Crippen molar-refractivity contribution in [3.63, 3.8) is 0 Å². The molecule has 0 radical (unpaired) electrons. The Bertz CT molecular complexity index is 880. The molecule has 0 aliphatic carbocycles. The van der Waals surface area contributed by atoms with Crippen LogP contribution in [-0.2, 0) is 0 Å². The SMILES string of the molecule is Fc1cccnc1.O=C(NCCO)c1cnn2ccc(N3CCCC3)nc12. The van der Waals surface area contributed by atoms with E-state index >= 15 is 0 Å². The van der Waals surface area contributed by atoms with Gasteiger partial charge in [0.15, 0.2) is 5.65 Å². The van der Waals surface area contributed by atoms with E-state index in [9.17, 15) is 9.18 Å². The van der Waals surface area contributed by atoms with Crippen LogP contribution < -0.4 is 10.2 Å². The highest BCUT2D eigenvalue weighted by Crippen LogP contribution is 2.19. The van der Waals surface area contributed by atoms with Gasteiger partial charge in [-0.05, 0) is 31.0 Å². The van der Waals surface area contributed by atoms with Crippen LogP contribution in [0, 0.1) is 5.82 Å². The number of aliphatic hydroxyl groups excluding tert-OH is 1. The van der Waals surface area contributed by atoms with Gasteiger partial charge in [-0.2, -0.15) is 5.10 Å². The number of pyridine rings is 1. The van der Waals surface area contributed by atoms with Crippen LogP contribution in [0.1, 0.15) is 23.2 Å². The molecule has 0 atom stereocenters. The van der Waals surface area contributed by atoms with Gasteiger partial charge in [0.05, 0.1) is 19.0 Å². The van der Waals surface area contributed by atoms with Gasteiger partial charge in [0.1, 0.15) is 17.2 Å². The molecule has 3 aromatic rings. The van der Waals surface area contributed by atoms with Gasteiger partial charge in [-0.25, -0.2) is 13.9 Å². The molecule has 27 heavy (non-hydrogen) atoms. The summed E-state index contributed by atoms with van der Waals surface area (Å²) in [5, 5.41) is 15.5. The summed E-state index contributed by atoms with van der Waals surface area (Å²) in [6.45, 7) is 2.14. The van der Waals surface area contributed by atoms with Crippen molar-refractivity contribution in [3.8, 4) is 0 Å². The fourth-order valence-corrected chi connectivity index (χ4v) is 2.75. The van der Waals surface area contributed by atoms with Gasteiger partial charge in [-0.15, -0.1) is 0 Å². The zero-order chi connectivity index (χ0) is 19.1. The van der Waals surface area contributed by atoms with Crippen molar-refractivity contribution in [1.29, 1.82) is 0 Å². The third-order valence-corrected chi connectivity index (χ3v) is 4.05. The zero-order valence-electron chi connectivity index (χ0n) is 14.8. The number of aliphatic hydroxyl groups is 1. The number of nitrogens with zero attached hydrogens (tertiary/aromatic N) is 5. The quantitative estimate of drug-likeness (QED) is 0.716. The van der Waals surface area contributed by atoms with Crippen molar-refractivity contribution in [2.75, 3.05) is 31.1 Å². The number of carbonyl (C=O) groups excluding carboxylic acids is 1. The first-order valence-corrected chi connectivity index (χ1v) is 8.73. The van der Waals surface area contributed by atoms with Gasteiger partial charge < -0.3 is 15.3 Å². The summed E-state index contributed by atoms with van der Waals surface area (Å²) in [6, 6.07) is 4.82. The summed E-state index contributed by atoms with van der Waals surface area (Å²) in [7, 11) is 0. The number of carbonyl (C=O) groups is 1. The molecule has 2 N–H and O–H groups in total. The summed E-state index contributed by atoms with van der Waals surface area (Å²) in [5.41, 5.74) is 0.976. The van der Waals surface area contributed by atoms with Crippen molar-refractivity contribution in [2.24, 2.45) is 0 Å². The number of aromatic nitrogens is 4. The molecule has 1 aliphatic heterocycles. The average molecular weight is 372 g/mol. The van der Waals surface area contributed by atoms with E-state index in [2.05, 4.69) is 25.3 Å². The van der Waals surface area contributed by atoms with Crippen LogP contribution in [0.5, 0.6) is 0 Å². The Balaban J connectivity index is 0.000000253. The fraction of sp³-hybridized carbons (Fsp3) is 0.333. The van der Waals surface area contributed by atoms with Gasteiger partial charge in [0.2, 0.25) is 0 Å². The van der Waals surface area contributed by atoms with Crippen LogP contribution in [-0.4, -0.2) is 56.8 Å². The molecular formula is C18H21FN6O2. The van der Waals surface area contributed by atoms with Crippen LogP contribution >= 0.6 is 0 Å². The average Bonchev–Trinajstić information content (AvgIpc) is 3.36. The van der Waals surface area contributed by atoms with E-state index in [0.29, 0.717) is 11.2 Å². The number of anilines is 1. The summed E-state index contributed by atoms with van der Waals surface area (Å²) in [6.07, 6.45) is 8.37. The fourth-order valence-electron chi connectivity index (χ4n) is 2.75. The van der Waals surface area contributed by atoms with Crippen LogP contribution in [0.25, 0.3) is 5.65 Å². The predicted molar refractivity (Wildman–Crippen MR) is 98.0 cm³/mol. The van der Waals surface area contributed by atoms with Crippen molar-refractivity contribution in [3.05, 3.63) is 54.4 Å². The lowest BCUT2D eigenvalue weighted by molar-refractivity contribution is 0.0946. The summed E-state index contributed by atoms with van der Waals surface area (Å²) in [4.78, 5) is 22.3. The molecule has 0 aromatic carbocycles. The topological polar surface area (TPSA) is 95.6 Å². The van der Waals surface area contributed by atoms with Crippen LogP contribution in [0.2, 0.25) is 0 Å². The maximum absolute atomic E-state index is 12.0. The molecule has 4 rings (SSSR count). The third-order valence-electron chi connectivity index (χ3n) is 4.05. The second kappa shape index (κ2) is 9.04. The molecule has 3 aromatic heterocycles. The minimum absolute atomic E-state index is 0.0859. The molecule has 4 heterocycles. The highest BCUT2D eigenvalue weighted by Gasteiger charge is 2.17. The van der Waals surface area contributed by atoms with E-state index in [1.807, 2.05) is 12.3 Å². The first-order valence-electron chi connectivity index (χ1n) is 8.73. The second-order valence-electron chi connectivity index (χ2n) is 5.96. The first kappa shape index (κ1) is 18.7. The Morgan fingerprint density at radius 1 is 1.26 bits per heavy atom. The monoisotopic (exact) mass is 372 g/mol. The third kappa shape index (κ3) is 4.76. The van der Waals surface area contributed by atoms with Gasteiger partial charge in [0, 0.05) is 32.0 Å². The highest BCUT2D eigenvalue weighted by molar-refractivity contribution is 5.99. The van der Waals surface area contributed by atoms with Gasteiger partial charge in [-0.1, -0.05) is 0 Å². The molecule has 0 spiro atoms. The minimum atomic E-state index is -0.289. The number of rotatable bonds is 4. The first-order chi connectivity index (χ1) is 13.2. The van der Waals surface area contributed by atoms with E-state index in [-0.39, 0.29) is 24.9 Å². The van der Waals surface area contributed by atoms with Crippen LogP contribution in [0.3, 0.4) is 0 Å². The predicted octanol–water partition coefficient (Wildman–Crippen LogP) is 1.27. The number of nitrogens with one attached hydrogen (secondary N) is 1. The number of fused-ring (bicyclic) bond motifs is 1. The summed E-state index contributed by atoms with van der Waals surface area (Å²) >= 11 is 0. The Morgan fingerprint density at radius 2 is 2.07 bits per heavy atom. The Labute approximate surface area is 155 Å². The van der Waals surface area contributed by atoms with Gasteiger partial charge in [-0.3, -0.25) is 9.78 Å². The molecule has 1 aliphatic rings. The number of amides is 1. The molecule has 1 amide bonds. The highest BCUT2D eigenvalue weighted by atomic mass is 19.1. The number of hydrogen-bond donors (Lipinski definition) is 2. The lowest BCUT2D eigenvalue weighted by Gasteiger charge is -2.16. The van der Waals surface area contributed by atoms with Crippen LogP contribution in [0.4, 0.5) is 10.2 Å². The van der Waals surface area contributed by atoms with Crippen LogP contribution in [0.15, 0.2) is 43.0 Å². The van der Waals surface area contributed by atoms with E-state index in [4.69, 9.17) is 5.11 Å². The molecule has 0 bridgehead atoms. The summed E-state index contributed by atoms with van der Waals surface area (Å²) in [5.74, 6) is 0.328. The molecule has 9 heteroatoms. The Kier molecular flexibility index (Phi) is 6.26. The van der Waals surface area contributed by atoms with Crippen molar-refractivity contribution in [2.45, 2.75) is 12.8 Å². The Hall–Kier alpha value is -3.07. The summed E-state index contributed by atoms with van der Waals surface area (Å²) < 4.78 is 13.4. The van der Waals surface area contributed by atoms with Crippen molar-refractivity contribution < 1.29 is 14.3 Å². The lowest BCUT2D eigenvalue weighted by Crippen LogP contribution is -2.26. The standard InChI is InChI=1S/C13H17N5O2.C5H4FN/c19-8-4-14-13(20)10-9-15-18-7-3-11(16-12(10)18)17-5-1-2-6-17;6-5-2-1-3-7-4-5/h3,7,9,19H,1-2,4-6,8H2,(H,14,20);1-4H. The lowest BCUT2D eigenvalue weighted by atomic mass is 10.3. The molecular weight excluding hydrogens is 351 g/mol. The normalized spacial score (nSPS) is 13.3. The maximum Gasteiger partial charge on any atom is 0.256 e. The van der Waals surface area contributed by atoms with E-state index in [0.717, 1.165) is 18.9 Å². The minimum Gasteiger partial charge on any atom is -0.395 e. The smallest absolute Gasteiger partial charge is 0.256 e. The molecule has 8 nitrogen and oxygen atoms in total. The van der Waals surface area contributed by atoms with E-state index < -0.39 is 0 Å². The molecule has 0 unspecified atom stereocenters. The number of halogens is 1. The molecule has 1 saturated heterocycles. The molecule has 0 saturated carbocycles. The number of hydrogen-bond acceptors (Lipinski definition) is 6. The van der Waals surface area contributed by atoms with Crippen molar-refractivity contribution >= 4 is 17.4 Å². The van der Waals surface area contributed by atoms with Gasteiger partial charge >= 0.3 is 0 Å².